The molecule has 8 heteroatoms. The Bertz CT molecular complexity index is 1200. The fraction of sp³-hybridized carbons (Fsp3) is 0.136. The van der Waals surface area contributed by atoms with E-state index in [1.54, 1.807) is 48.7 Å². The van der Waals surface area contributed by atoms with Gasteiger partial charge in [-0.1, -0.05) is 29.0 Å². The molecule has 0 atom stereocenters. The molecule has 0 aliphatic rings. The molecule has 0 unspecified atom stereocenters. The lowest BCUT2D eigenvalue weighted by Crippen LogP contribution is -2.30. The van der Waals surface area contributed by atoms with Crippen LogP contribution in [0.1, 0.15) is 15.9 Å². The van der Waals surface area contributed by atoms with Crippen molar-refractivity contribution in [2.24, 2.45) is 0 Å². The Balaban J connectivity index is 1.81. The summed E-state index contributed by atoms with van der Waals surface area (Å²) in [5.74, 6) is 0.775. The second-order valence-electron chi connectivity index (χ2n) is 6.43. The number of aromatic nitrogens is 2. The van der Waals surface area contributed by atoms with Crippen LogP contribution in [0.25, 0.3) is 10.2 Å². The van der Waals surface area contributed by atoms with Crippen LogP contribution in [0.15, 0.2) is 60.9 Å². The Morgan fingerprint density at radius 1 is 1.13 bits per heavy atom. The highest BCUT2D eigenvalue weighted by atomic mass is 35.5. The lowest BCUT2D eigenvalue weighted by atomic mass is 10.1. The van der Waals surface area contributed by atoms with E-state index >= 15 is 0 Å². The minimum atomic E-state index is -0.250. The number of anilines is 1. The van der Waals surface area contributed by atoms with E-state index in [4.69, 9.17) is 21.1 Å². The summed E-state index contributed by atoms with van der Waals surface area (Å²) < 4.78 is 11.6. The summed E-state index contributed by atoms with van der Waals surface area (Å²) in [5, 5.41) is 1.18. The Morgan fingerprint density at radius 3 is 2.73 bits per heavy atom. The van der Waals surface area contributed by atoms with E-state index < -0.39 is 0 Å². The summed E-state index contributed by atoms with van der Waals surface area (Å²) >= 11 is 7.53. The molecule has 0 radical (unpaired) electrons. The first-order chi connectivity index (χ1) is 14.6. The minimum absolute atomic E-state index is 0.250. The third-order valence-corrected chi connectivity index (χ3v) is 5.79. The third kappa shape index (κ3) is 4.08. The molecular weight excluding hydrogens is 422 g/mol. The molecule has 4 aromatic rings. The molecule has 0 saturated heterocycles. The molecule has 30 heavy (non-hydrogen) atoms. The Kier molecular flexibility index (Phi) is 5.83. The number of carbonyl (C=O) groups is 1. The molecule has 0 aliphatic heterocycles. The van der Waals surface area contributed by atoms with Gasteiger partial charge >= 0.3 is 0 Å². The van der Waals surface area contributed by atoms with Crippen molar-refractivity contribution >= 4 is 44.2 Å². The van der Waals surface area contributed by atoms with E-state index in [0.717, 1.165) is 15.8 Å². The van der Waals surface area contributed by atoms with Crippen molar-refractivity contribution in [1.29, 1.82) is 0 Å². The van der Waals surface area contributed by atoms with Crippen LogP contribution in [-0.2, 0) is 6.54 Å². The van der Waals surface area contributed by atoms with Crippen molar-refractivity contribution in [2.75, 3.05) is 19.1 Å². The van der Waals surface area contributed by atoms with Crippen LogP contribution in [0.3, 0.4) is 0 Å². The summed E-state index contributed by atoms with van der Waals surface area (Å²) in [6, 6.07) is 14.4. The van der Waals surface area contributed by atoms with E-state index in [1.807, 2.05) is 24.3 Å². The summed E-state index contributed by atoms with van der Waals surface area (Å²) in [7, 11) is 3.09. The van der Waals surface area contributed by atoms with Gasteiger partial charge in [0.1, 0.15) is 11.5 Å². The second kappa shape index (κ2) is 8.69. The number of thiazole rings is 1. The molecular formula is C22H18ClN3O3S. The molecule has 0 saturated carbocycles. The van der Waals surface area contributed by atoms with Crippen molar-refractivity contribution in [3.63, 3.8) is 0 Å². The Labute approximate surface area is 182 Å². The van der Waals surface area contributed by atoms with E-state index in [0.29, 0.717) is 33.8 Å². The summed E-state index contributed by atoms with van der Waals surface area (Å²) in [5.41, 5.74) is 2.05. The smallest absolute Gasteiger partial charge is 0.264 e. The van der Waals surface area contributed by atoms with Crippen molar-refractivity contribution in [3.05, 3.63) is 77.1 Å². The van der Waals surface area contributed by atoms with Crippen molar-refractivity contribution in [2.45, 2.75) is 6.54 Å². The highest BCUT2D eigenvalue weighted by Crippen LogP contribution is 2.34. The molecule has 1 amide bonds. The first-order valence-corrected chi connectivity index (χ1v) is 10.3. The van der Waals surface area contributed by atoms with Crippen LogP contribution in [0, 0.1) is 0 Å². The van der Waals surface area contributed by atoms with Gasteiger partial charge in [-0.3, -0.25) is 14.7 Å². The number of hydrogen-bond donors (Lipinski definition) is 0. The maximum Gasteiger partial charge on any atom is 0.264 e. The summed E-state index contributed by atoms with van der Waals surface area (Å²) in [4.78, 5) is 24.1. The molecule has 0 bridgehead atoms. The molecule has 4 rings (SSSR count). The molecule has 0 fully saturated rings. The van der Waals surface area contributed by atoms with Gasteiger partial charge in [0, 0.05) is 17.4 Å². The third-order valence-electron chi connectivity index (χ3n) is 4.52. The maximum absolute atomic E-state index is 13.7. The topological polar surface area (TPSA) is 64.6 Å². The van der Waals surface area contributed by atoms with Gasteiger partial charge < -0.3 is 9.47 Å². The SMILES string of the molecule is COc1ccc(OC)c(C(=O)N(Cc2cccnc2)c2nc3ccc(Cl)cc3s2)c1. The maximum atomic E-state index is 13.7. The predicted octanol–water partition coefficient (Wildman–Crippen LogP) is 5.21. The molecule has 0 aliphatic carbocycles. The number of nitrogens with zero attached hydrogens (tertiary/aromatic N) is 3. The van der Waals surface area contributed by atoms with Gasteiger partial charge in [0.25, 0.3) is 5.91 Å². The fourth-order valence-electron chi connectivity index (χ4n) is 3.03. The first-order valence-electron chi connectivity index (χ1n) is 9.08. The molecule has 152 valence electrons. The largest absolute Gasteiger partial charge is 0.497 e. The standard InChI is InChI=1S/C22H18ClN3O3S/c1-28-16-6-8-19(29-2)17(11-16)21(27)26(13-14-4-3-9-24-12-14)22-25-18-7-5-15(23)10-20(18)30-22/h3-12H,13H2,1-2H3. The molecule has 2 heterocycles. The quantitative estimate of drug-likeness (QED) is 0.412. The van der Waals surface area contributed by atoms with Gasteiger partial charge in [-0.25, -0.2) is 4.98 Å². The van der Waals surface area contributed by atoms with Crippen molar-refractivity contribution in [1.82, 2.24) is 9.97 Å². The highest BCUT2D eigenvalue weighted by Gasteiger charge is 2.25. The number of amides is 1. The summed E-state index contributed by atoms with van der Waals surface area (Å²) in [6.07, 6.45) is 3.42. The van der Waals surface area contributed by atoms with Gasteiger partial charge in [0.05, 0.1) is 36.5 Å². The van der Waals surface area contributed by atoms with Gasteiger partial charge in [0.2, 0.25) is 0 Å². The van der Waals surface area contributed by atoms with Crippen molar-refractivity contribution < 1.29 is 14.3 Å². The van der Waals surface area contributed by atoms with Crippen LogP contribution in [0.2, 0.25) is 5.02 Å². The van der Waals surface area contributed by atoms with Gasteiger partial charge in [-0.15, -0.1) is 0 Å². The molecule has 2 aromatic heterocycles. The van der Waals surface area contributed by atoms with E-state index in [-0.39, 0.29) is 5.91 Å². The average Bonchev–Trinajstić information content (AvgIpc) is 3.20. The lowest BCUT2D eigenvalue weighted by Gasteiger charge is -2.21. The van der Waals surface area contributed by atoms with Gasteiger partial charge in [-0.05, 0) is 48.0 Å². The number of rotatable bonds is 6. The normalized spacial score (nSPS) is 10.8. The zero-order chi connectivity index (χ0) is 21.1. The number of methoxy groups -OCH3 is 2. The highest BCUT2D eigenvalue weighted by molar-refractivity contribution is 7.22. The summed E-state index contributed by atoms with van der Waals surface area (Å²) in [6.45, 7) is 0.306. The molecule has 0 spiro atoms. The zero-order valence-corrected chi connectivity index (χ0v) is 17.9. The van der Waals surface area contributed by atoms with Crippen LogP contribution < -0.4 is 14.4 Å². The number of carbonyl (C=O) groups excluding carboxylic acids is 1. The Morgan fingerprint density at radius 2 is 2.00 bits per heavy atom. The average molecular weight is 440 g/mol. The number of pyridine rings is 1. The number of benzene rings is 2. The second-order valence-corrected chi connectivity index (χ2v) is 7.87. The number of fused-ring (bicyclic) bond motifs is 1. The fourth-order valence-corrected chi connectivity index (χ4v) is 4.27. The number of ether oxygens (including phenoxy) is 2. The molecule has 6 nitrogen and oxygen atoms in total. The number of halogens is 1. The lowest BCUT2D eigenvalue weighted by molar-refractivity contribution is 0.0982. The number of hydrogen-bond acceptors (Lipinski definition) is 6. The van der Waals surface area contributed by atoms with E-state index in [2.05, 4.69) is 9.97 Å². The van der Waals surface area contributed by atoms with Crippen LogP contribution in [-0.4, -0.2) is 30.1 Å². The van der Waals surface area contributed by atoms with E-state index in [9.17, 15) is 4.79 Å². The molecule has 0 N–H and O–H groups in total. The minimum Gasteiger partial charge on any atom is -0.497 e. The predicted molar refractivity (Wildman–Crippen MR) is 119 cm³/mol. The van der Waals surface area contributed by atoms with Crippen molar-refractivity contribution in [3.8, 4) is 11.5 Å². The van der Waals surface area contributed by atoms with E-state index in [1.165, 1.54) is 18.4 Å². The van der Waals surface area contributed by atoms with Crippen LogP contribution in [0.5, 0.6) is 11.5 Å². The zero-order valence-electron chi connectivity index (χ0n) is 16.3. The monoisotopic (exact) mass is 439 g/mol. The van der Waals surface area contributed by atoms with Gasteiger partial charge in [-0.2, -0.15) is 0 Å². The Hall–Kier alpha value is -3.16. The van der Waals surface area contributed by atoms with Crippen LogP contribution >= 0.6 is 22.9 Å². The first kappa shape index (κ1) is 20.1. The molecule has 2 aromatic carbocycles. The van der Waals surface area contributed by atoms with Crippen LogP contribution in [0.4, 0.5) is 5.13 Å². The van der Waals surface area contributed by atoms with Gasteiger partial charge in [0.15, 0.2) is 5.13 Å².